The van der Waals surface area contributed by atoms with E-state index in [0.29, 0.717) is 36.2 Å². The zero-order valence-electron chi connectivity index (χ0n) is 16.9. The van der Waals surface area contributed by atoms with Crippen LogP contribution in [0.3, 0.4) is 0 Å². The first kappa shape index (κ1) is 22.0. The van der Waals surface area contributed by atoms with Crippen molar-refractivity contribution in [2.24, 2.45) is 4.99 Å². The van der Waals surface area contributed by atoms with E-state index >= 15 is 0 Å². The third-order valence-electron chi connectivity index (χ3n) is 4.65. The van der Waals surface area contributed by atoms with Gasteiger partial charge in [0.05, 0.1) is 21.9 Å². The number of halogens is 2. The molecule has 4 rings (SSSR count). The van der Waals surface area contributed by atoms with Crippen LogP contribution >= 0.6 is 45.9 Å². The fourth-order valence-electron chi connectivity index (χ4n) is 3.34. The number of esters is 1. The zero-order valence-corrected chi connectivity index (χ0v) is 20.0. The van der Waals surface area contributed by atoms with Crippen molar-refractivity contribution < 1.29 is 9.53 Å². The lowest BCUT2D eigenvalue weighted by Crippen LogP contribution is -2.39. The molecule has 9 heteroatoms. The number of carbonyl (C=O) groups is 1. The van der Waals surface area contributed by atoms with Gasteiger partial charge in [-0.2, -0.15) is 0 Å². The SMILES string of the molecule is CC1=C(C(=O)OC(C)C)[C@H](c2cccs2)n2c(s/c(=C\c3ccc(Cl)cc3Cl)c2=O)=N1. The standard InChI is InChI=1S/C22H18Cl2N2O3S2/c1-11(2)29-21(28)18-12(3)25-22-26(19(18)16-5-4-8-30-16)20(27)17(31-22)9-13-6-7-14(23)10-15(13)24/h4-11,19H,1-3H3/b17-9-/t19-/m0/s1. The Balaban J connectivity index is 1.93. The van der Waals surface area contributed by atoms with E-state index in [0.717, 1.165) is 4.88 Å². The number of rotatable bonds is 4. The van der Waals surface area contributed by atoms with Crippen LogP contribution in [0.25, 0.3) is 6.08 Å². The fraction of sp³-hybridized carbons (Fsp3) is 0.227. The highest BCUT2D eigenvalue weighted by molar-refractivity contribution is 7.10. The van der Waals surface area contributed by atoms with Gasteiger partial charge in [0.15, 0.2) is 4.80 Å². The van der Waals surface area contributed by atoms with E-state index in [2.05, 4.69) is 4.99 Å². The maximum atomic E-state index is 13.4. The molecule has 160 valence electrons. The Bertz CT molecular complexity index is 1370. The second kappa shape index (κ2) is 8.74. The largest absolute Gasteiger partial charge is 0.459 e. The van der Waals surface area contributed by atoms with Crippen LogP contribution in [-0.2, 0) is 9.53 Å². The van der Waals surface area contributed by atoms with Crippen LogP contribution < -0.4 is 14.9 Å². The Morgan fingerprint density at radius 1 is 1.29 bits per heavy atom. The number of fused-ring (bicyclic) bond motifs is 1. The van der Waals surface area contributed by atoms with Gasteiger partial charge in [-0.1, -0.05) is 46.7 Å². The van der Waals surface area contributed by atoms with Crippen LogP contribution in [-0.4, -0.2) is 16.6 Å². The van der Waals surface area contributed by atoms with Crippen LogP contribution in [0.5, 0.6) is 0 Å². The average molecular weight is 493 g/mol. The lowest BCUT2D eigenvalue weighted by molar-refractivity contribution is -0.143. The molecule has 0 N–H and O–H groups in total. The van der Waals surface area contributed by atoms with Crippen LogP contribution in [0, 0.1) is 0 Å². The van der Waals surface area contributed by atoms with Crippen LogP contribution in [0.15, 0.2) is 56.8 Å². The first-order valence-electron chi connectivity index (χ1n) is 9.48. The monoisotopic (exact) mass is 492 g/mol. The Morgan fingerprint density at radius 3 is 2.71 bits per heavy atom. The summed E-state index contributed by atoms with van der Waals surface area (Å²) in [5, 5.41) is 2.88. The number of ether oxygens (including phenoxy) is 1. The van der Waals surface area contributed by atoms with Crippen molar-refractivity contribution in [3.05, 3.63) is 87.2 Å². The summed E-state index contributed by atoms with van der Waals surface area (Å²) in [7, 11) is 0. The van der Waals surface area contributed by atoms with Gasteiger partial charge in [0, 0.05) is 14.9 Å². The van der Waals surface area contributed by atoms with Crippen molar-refractivity contribution in [1.82, 2.24) is 4.57 Å². The summed E-state index contributed by atoms with van der Waals surface area (Å²) in [6.07, 6.45) is 1.44. The number of thiazole rings is 1. The molecule has 0 saturated carbocycles. The summed E-state index contributed by atoms with van der Waals surface area (Å²) in [4.78, 5) is 32.3. The molecule has 31 heavy (non-hydrogen) atoms. The summed E-state index contributed by atoms with van der Waals surface area (Å²) < 4.78 is 7.50. The minimum Gasteiger partial charge on any atom is -0.459 e. The van der Waals surface area contributed by atoms with Crippen molar-refractivity contribution >= 4 is 57.9 Å². The van der Waals surface area contributed by atoms with Gasteiger partial charge >= 0.3 is 5.97 Å². The first-order chi connectivity index (χ1) is 14.8. The topological polar surface area (TPSA) is 60.7 Å². The van der Waals surface area contributed by atoms with Crippen LogP contribution in [0.2, 0.25) is 10.0 Å². The molecule has 0 bridgehead atoms. The molecular weight excluding hydrogens is 475 g/mol. The molecule has 0 spiro atoms. The number of allylic oxidation sites excluding steroid dienone is 1. The Morgan fingerprint density at radius 2 is 2.06 bits per heavy atom. The lowest BCUT2D eigenvalue weighted by Gasteiger charge is -2.24. The first-order valence-corrected chi connectivity index (χ1v) is 11.9. The molecule has 0 amide bonds. The van der Waals surface area contributed by atoms with Gasteiger partial charge in [-0.05, 0) is 56.0 Å². The maximum absolute atomic E-state index is 13.4. The van der Waals surface area contributed by atoms with Gasteiger partial charge in [0.2, 0.25) is 0 Å². The zero-order chi connectivity index (χ0) is 22.3. The predicted molar refractivity (Wildman–Crippen MR) is 126 cm³/mol. The van der Waals surface area contributed by atoms with E-state index in [-0.39, 0.29) is 11.7 Å². The highest BCUT2D eigenvalue weighted by atomic mass is 35.5. The molecule has 1 aliphatic heterocycles. The molecule has 1 atom stereocenters. The highest BCUT2D eigenvalue weighted by Gasteiger charge is 2.34. The van der Waals surface area contributed by atoms with Crippen molar-refractivity contribution in [2.45, 2.75) is 32.9 Å². The second-order valence-corrected chi connectivity index (χ2v) is 10.0. The molecule has 3 heterocycles. The van der Waals surface area contributed by atoms with Crippen molar-refractivity contribution in [1.29, 1.82) is 0 Å². The third-order valence-corrected chi connectivity index (χ3v) is 7.12. The molecule has 1 aromatic carbocycles. The molecule has 0 unspecified atom stereocenters. The molecule has 0 fully saturated rings. The number of benzene rings is 1. The maximum Gasteiger partial charge on any atom is 0.338 e. The van der Waals surface area contributed by atoms with E-state index in [1.807, 2.05) is 17.5 Å². The van der Waals surface area contributed by atoms with Crippen molar-refractivity contribution in [2.75, 3.05) is 0 Å². The number of aromatic nitrogens is 1. The molecule has 2 aromatic heterocycles. The number of hydrogen-bond acceptors (Lipinski definition) is 6. The molecular formula is C22H18Cl2N2O3S2. The summed E-state index contributed by atoms with van der Waals surface area (Å²) in [6, 6.07) is 8.31. The Hall–Kier alpha value is -2.19. The van der Waals surface area contributed by atoms with E-state index in [4.69, 9.17) is 27.9 Å². The summed E-state index contributed by atoms with van der Waals surface area (Å²) >= 11 is 15.0. The average Bonchev–Trinajstić information content (AvgIpc) is 3.31. The van der Waals surface area contributed by atoms with Gasteiger partial charge in [-0.25, -0.2) is 9.79 Å². The number of nitrogens with zero attached hydrogens (tertiary/aromatic N) is 2. The van der Waals surface area contributed by atoms with Crippen molar-refractivity contribution in [3.8, 4) is 0 Å². The van der Waals surface area contributed by atoms with Gasteiger partial charge in [-0.15, -0.1) is 11.3 Å². The van der Waals surface area contributed by atoms with Crippen LogP contribution in [0.4, 0.5) is 0 Å². The fourth-order valence-corrected chi connectivity index (χ4v) is 5.66. The van der Waals surface area contributed by atoms with Crippen molar-refractivity contribution in [3.63, 3.8) is 0 Å². The summed E-state index contributed by atoms with van der Waals surface area (Å²) in [5.41, 5.74) is 1.36. The summed E-state index contributed by atoms with van der Waals surface area (Å²) in [5.74, 6) is -0.468. The lowest BCUT2D eigenvalue weighted by atomic mass is 10.0. The van der Waals surface area contributed by atoms with Gasteiger partial charge in [-0.3, -0.25) is 9.36 Å². The molecule has 5 nitrogen and oxygen atoms in total. The minimum atomic E-state index is -0.592. The van der Waals surface area contributed by atoms with Crippen LogP contribution in [0.1, 0.15) is 37.3 Å². The summed E-state index contributed by atoms with van der Waals surface area (Å²) in [6.45, 7) is 5.35. The van der Waals surface area contributed by atoms with E-state index < -0.39 is 12.0 Å². The van der Waals surface area contributed by atoms with Gasteiger partial charge < -0.3 is 4.74 Å². The molecule has 0 saturated heterocycles. The Kier molecular flexibility index (Phi) is 6.21. The molecule has 3 aromatic rings. The number of thiophene rings is 1. The van der Waals surface area contributed by atoms with E-state index in [1.54, 1.807) is 49.6 Å². The smallest absolute Gasteiger partial charge is 0.338 e. The number of hydrogen-bond donors (Lipinski definition) is 0. The molecule has 0 aliphatic carbocycles. The quantitative estimate of drug-likeness (QED) is 0.501. The highest BCUT2D eigenvalue weighted by Crippen LogP contribution is 2.33. The normalized spacial score (nSPS) is 16.5. The third kappa shape index (κ3) is 4.28. The minimum absolute atomic E-state index is 0.240. The predicted octanol–water partition coefficient (Wildman–Crippen LogP) is 4.56. The van der Waals surface area contributed by atoms with Gasteiger partial charge in [0.25, 0.3) is 5.56 Å². The van der Waals surface area contributed by atoms with E-state index in [1.165, 1.54) is 22.7 Å². The van der Waals surface area contributed by atoms with E-state index in [9.17, 15) is 9.59 Å². The van der Waals surface area contributed by atoms with Gasteiger partial charge in [0.1, 0.15) is 6.04 Å². The second-order valence-electron chi connectivity index (χ2n) is 7.22. The molecule has 0 radical (unpaired) electrons. The number of carbonyl (C=O) groups excluding carboxylic acids is 1. The Labute approximate surface area is 196 Å². The molecule has 1 aliphatic rings.